The van der Waals surface area contributed by atoms with Gasteiger partial charge in [-0.3, -0.25) is 9.69 Å². The standard InChI is InChI=1S/C29H38N4O3/c1-20(2)35-25-8-6-7-21(17-25)18-30-28(34)23-13-15-33(16-14-23)19-26-31-27(32-36-26)22-9-11-24(12-10-22)29(3,4)5/h6-12,17,20,23H,13-16,18-19H2,1-5H3,(H,30,34). The van der Waals surface area contributed by atoms with E-state index in [-0.39, 0.29) is 23.3 Å². The van der Waals surface area contributed by atoms with E-state index in [1.54, 1.807) is 0 Å². The first-order valence-electron chi connectivity index (χ1n) is 12.9. The molecule has 2 aromatic carbocycles. The number of benzene rings is 2. The maximum Gasteiger partial charge on any atom is 0.241 e. The van der Waals surface area contributed by atoms with Crippen LogP contribution in [0.3, 0.4) is 0 Å². The number of aromatic nitrogens is 2. The fourth-order valence-electron chi connectivity index (χ4n) is 4.43. The lowest BCUT2D eigenvalue weighted by Crippen LogP contribution is -2.40. The Morgan fingerprint density at radius 1 is 1.14 bits per heavy atom. The van der Waals surface area contributed by atoms with Crippen LogP contribution in [-0.4, -0.2) is 40.1 Å². The fraction of sp³-hybridized carbons (Fsp3) is 0.483. The van der Waals surface area contributed by atoms with Crippen molar-refractivity contribution < 1.29 is 14.1 Å². The Morgan fingerprint density at radius 3 is 2.53 bits per heavy atom. The summed E-state index contributed by atoms with van der Waals surface area (Å²) in [5.74, 6) is 2.19. The fourth-order valence-corrected chi connectivity index (χ4v) is 4.43. The topological polar surface area (TPSA) is 80.5 Å². The number of carbonyl (C=O) groups is 1. The van der Waals surface area contributed by atoms with E-state index in [9.17, 15) is 4.79 Å². The van der Waals surface area contributed by atoms with Crippen LogP contribution in [0.4, 0.5) is 0 Å². The van der Waals surface area contributed by atoms with Gasteiger partial charge in [0, 0.05) is 18.0 Å². The lowest BCUT2D eigenvalue weighted by molar-refractivity contribution is -0.126. The Labute approximate surface area is 214 Å². The van der Waals surface area contributed by atoms with Gasteiger partial charge in [0.1, 0.15) is 5.75 Å². The number of amides is 1. The number of ether oxygens (including phenoxy) is 1. The van der Waals surface area contributed by atoms with Crippen LogP contribution in [0.25, 0.3) is 11.4 Å². The van der Waals surface area contributed by atoms with Crippen molar-refractivity contribution in [1.29, 1.82) is 0 Å². The van der Waals surface area contributed by atoms with E-state index in [4.69, 9.17) is 9.26 Å². The van der Waals surface area contributed by atoms with Crippen LogP contribution >= 0.6 is 0 Å². The molecule has 1 aliphatic heterocycles. The molecule has 7 heteroatoms. The van der Waals surface area contributed by atoms with Crippen LogP contribution in [0.2, 0.25) is 0 Å². The van der Waals surface area contributed by atoms with Gasteiger partial charge in [0.05, 0.1) is 12.6 Å². The minimum atomic E-state index is 0.0240. The highest BCUT2D eigenvalue weighted by molar-refractivity contribution is 5.78. The number of piperidine rings is 1. The number of hydrogen-bond acceptors (Lipinski definition) is 6. The molecule has 1 fully saturated rings. The molecule has 0 radical (unpaired) electrons. The third kappa shape index (κ3) is 6.94. The molecule has 2 heterocycles. The second-order valence-corrected chi connectivity index (χ2v) is 10.9. The van der Waals surface area contributed by atoms with Gasteiger partial charge in [0.2, 0.25) is 17.6 Å². The van der Waals surface area contributed by atoms with Crippen molar-refractivity contribution in [3.63, 3.8) is 0 Å². The minimum absolute atomic E-state index is 0.0240. The number of hydrogen-bond donors (Lipinski definition) is 1. The summed E-state index contributed by atoms with van der Waals surface area (Å²) in [6.45, 7) is 13.4. The van der Waals surface area contributed by atoms with Gasteiger partial charge in [-0.25, -0.2) is 0 Å². The second kappa shape index (κ2) is 11.2. The molecule has 1 N–H and O–H groups in total. The molecule has 1 aliphatic rings. The van der Waals surface area contributed by atoms with E-state index >= 15 is 0 Å². The lowest BCUT2D eigenvalue weighted by Gasteiger charge is -2.30. The third-order valence-electron chi connectivity index (χ3n) is 6.53. The molecule has 0 unspecified atom stereocenters. The molecule has 0 spiro atoms. The summed E-state index contributed by atoms with van der Waals surface area (Å²) < 4.78 is 11.3. The molecule has 192 valence electrons. The maximum atomic E-state index is 12.7. The quantitative estimate of drug-likeness (QED) is 0.459. The number of likely N-dealkylation sites (tertiary alicyclic amines) is 1. The summed E-state index contributed by atoms with van der Waals surface area (Å²) in [7, 11) is 0. The first-order valence-corrected chi connectivity index (χ1v) is 12.9. The predicted molar refractivity (Wildman–Crippen MR) is 140 cm³/mol. The highest BCUT2D eigenvalue weighted by Gasteiger charge is 2.26. The maximum absolute atomic E-state index is 12.7. The van der Waals surface area contributed by atoms with Gasteiger partial charge in [-0.1, -0.05) is 62.3 Å². The molecule has 1 amide bonds. The zero-order valence-electron chi connectivity index (χ0n) is 22.1. The van der Waals surface area contributed by atoms with Gasteiger partial charge in [0.15, 0.2) is 0 Å². The van der Waals surface area contributed by atoms with E-state index in [0.717, 1.165) is 42.8 Å². The van der Waals surface area contributed by atoms with Crippen molar-refractivity contribution in [2.24, 2.45) is 5.92 Å². The van der Waals surface area contributed by atoms with E-state index < -0.39 is 0 Å². The molecule has 1 aromatic heterocycles. The van der Waals surface area contributed by atoms with Crippen LogP contribution in [0.15, 0.2) is 53.1 Å². The zero-order chi connectivity index (χ0) is 25.7. The highest BCUT2D eigenvalue weighted by Crippen LogP contribution is 2.25. The van der Waals surface area contributed by atoms with E-state index in [2.05, 4.69) is 53.3 Å². The summed E-state index contributed by atoms with van der Waals surface area (Å²) in [5, 5.41) is 7.27. The molecule has 0 bridgehead atoms. The molecule has 0 aliphatic carbocycles. The van der Waals surface area contributed by atoms with Crippen molar-refractivity contribution in [2.45, 2.75) is 72.1 Å². The van der Waals surface area contributed by atoms with Crippen LogP contribution in [0.1, 0.15) is 64.5 Å². The van der Waals surface area contributed by atoms with Gasteiger partial charge in [-0.2, -0.15) is 4.98 Å². The third-order valence-corrected chi connectivity index (χ3v) is 6.53. The van der Waals surface area contributed by atoms with Crippen LogP contribution in [0, 0.1) is 5.92 Å². The zero-order valence-corrected chi connectivity index (χ0v) is 22.1. The first kappa shape index (κ1) is 25.9. The first-order chi connectivity index (χ1) is 17.2. The summed E-state index contributed by atoms with van der Waals surface area (Å²) in [6, 6.07) is 16.2. The second-order valence-electron chi connectivity index (χ2n) is 10.9. The summed E-state index contributed by atoms with van der Waals surface area (Å²) in [4.78, 5) is 19.6. The average molecular weight is 491 g/mol. The Hall–Kier alpha value is -3.19. The minimum Gasteiger partial charge on any atom is -0.491 e. The normalized spacial score (nSPS) is 15.3. The van der Waals surface area contributed by atoms with Gasteiger partial charge in [0.25, 0.3) is 0 Å². The van der Waals surface area contributed by atoms with E-state index in [1.165, 1.54) is 5.56 Å². The van der Waals surface area contributed by atoms with Gasteiger partial charge >= 0.3 is 0 Å². The van der Waals surface area contributed by atoms with Gasteiger partial charge in [-0.05, 0) is 68.5 Å². The molecule has 0 atom stereocenters. The number of nitrogens with zero attached hydrogens (tertiary/aromatic N) is 3. The van der Waals surface area contributed by atoms with Gasteiger partial charge in [-0.15, -0.1) is 0 Å². The monoisotopic (exact) mass is 490 g/mol. The molecule has 7 nitrogen and oxygen atoms in total. The molecule has 4 rings (SSSR count). The molecule has 1 saturated heterocycles. The molecule has 0 saturated carbocycles. The summed E-state index contributed by atoms with van der Waals surface area (Å²) in [6.07, 6.45) is 1.76. The van der Waals surface area contributed by atoms with Crippen LogP contribution in [-0.2, 0) is 23.3 Å². The number of carbonyl (C=O) groups excluding carboxylic acids is 1. The van der Waals surface area contributed by atoms with Crippen LogP contribution < -0.4 is 10.1 Å². The Morgan fingerprint density at radius 2 is 1.86 bits per heavy atom. The Kier molecular flexibility index (Phi) is 8.09. The molecular formula is C29H38N4O3. The molecule has 3 aromatic rings. The number of rotatable bonds is 8. The Bertz CT molecular complexity index is 1140. The SMILES string of the molecule is CC(C)Oc1cccc(CNC(=O)C2CCN(Cc3nc(-c4ccc(C(C)(C)C)cc4)no3)CC2)c1. The largest absolute Gasteiger partial charge is 0.491 e. The lowest BCUT2D eigenvalue weighted by atomic mass is 9.87. The predicted octanol–water partition coefficient (Wildman–Crippen LogP) is 5.35. The van der Waals surface area contributed by atoms with Crippen molar-refractivity contribution in [3.8, 4) is 17.1 Å². The van der Waals surface area contributed by atoms with Crippen molar-refractivity contribution in [3.05, 3.63) is 65.5 Å². The molecular weight excluding hydrogens is 452 g/mol. The van der Waals surface area contributed by atoms with Crippen LogP contribution in [0.5, 0.6) is 5.75 Å². The van der Waals surface area contributed by atoms with Crippen molar-refractivity contribution >= 4 is 5.91 Å². The molecule has 36 heavy (non-hydrogen) atoms. The Balaban J connectivity index is 1.23. The van der Waals surface area contributed by atoms with E-state index in [1.807, 2.05) is 50.2 Å². The van der Waals surface area contributed by atoms with Crippen molar-refractivity contribution in [2.75, 3.05) is 13.1 Å². The van der Waals surface area contributed by atoms with Crippen molar-refractivity contribution in [1.82, 2.24) is 20.4 Å². The summed E-state index contributed by atoms with van der Waals surface area (Å²) in [5.41, 5.74) is 3.38. The van der Waals surface area contributed by atoms with E-state index in [0.29, 0.717) is 24.8 Å². The smallest absolute Gasteiger partial charge is 0.241 e. The number of nitrogens with one attached hydrogen (secondary N) is 1. The summed E-state index contributed by atoms with van der Waals surface area (Å²) >= 11 is 0. The van der Waals surface area contributed by atoms with Gasteiger partial charge < -0.3 is 14.6 Å². The average Bonchev–Trinajstić information content (AvgIpc) is 3.31. The highest BCUT2D eigenvalue weighted by atomic mass is 16.5.